The number of hydrogen-bond acceptors (Lipinski definition) is 5. The van der Waals surface area contributed by atoms with E-state index in [9.17, 15) is 5.11 Å². The summed E-state index contributed by atoms with van der Waals surface area (Å²) in [5, 5.41) is 14.5. The number of hydrogen-bond donors (Lipinski definition) is 1. The first-order valence-electron chi connectivity index (χ1n) is 8.52. The van der Waals surface area contributed by atoms with Crippen LogP contribution in [-0.4, -0.2) is 42.9 Å². The van der Waals surface area contributed by atoms with E-state index in [-0.39, 0.29) is 6.10 Å². The first-order valence-corrected chi connectivity index (χ1v) is 8.52. The third kappa shape index (κ3) is 2.10. The largest absolute Gasteiger partial charge is 0.393 e. The fourth-order valence-corrected chi connectivity index (χ4v) is 4.26. The van der Waals surface area contributed by atoms with Crippen molar-refractivity contribution in [3.05, 3.63) is 42.7 Å². The predicted molar refractivity (Wildman–Crippen MR) is 90.7 cm³/mol. The summed E-state index contributed by atoms with van der Waals surface area (Å²) < 4.78 is 1.83. The van der Waals surface area contributed by atoms with Crippen LogP contribution in [0, 0.1) is 0 Å². The Hall–Kier alpha value is -2.47. The maximum Gasteiger partial charge on any atom is 0.254 e. The number of anilines is 1. The number of aliphatic hydroxyl groups is 1. The second kappa shape index (κ2) is 5.27. The van der Waals surface area contributed by atoms with Crippen LogP contribution < -0.4 is 4.90 Å². The Balaban J connectivity index is 1.67. The van der Waals surface area contributed by atoms with Crippen LogP contribution in [0.3, 0.4) is 0 Å². The van der Waals surface area contributed by atoms with E-state index in [1.807, 2.05) is 22.7 Å². The molecule has 2 fully saturated rings. The number of rotatable bonds is 2. The molecule has 0 radical (unpaired) electrons. The molecular weight excluding hydrogens is 302 g/mol. The van der Waals surface area contributed by atoms with Gasteiger partial charge in [0.1, 0.15) is 12.1 Å². The Morgan fingerprint density at radius 3 is 2.54 bits per heavy atom. The maximum absolute atomic E-state index is 10.1. The Morgan fingerprint density at radius 1 is 1.04 bits per heavy atom. The molecule has 0 aliphatic carbocycles. The maximum atomic E-state index is 10.1. The second-order valence-electron chi connectivity index (χ2n) is 6.75. The molecule has 0 amide bonds. The van der Waals surface area contributed by atoms with E-state index in [1.54, 1.807) is 6.33 Å². The SMILES string of the molecule is OC1CC2CCC(C1)N2c1cc(-c2ccccc2)nc2ncnn12. The van der Waals surface area contributed by atoms with Crippen LogP contribution in [0.5, 0.6) is 0 Å². The highest BCUT2D eigenvalue weighted by Crippen LogP contribution is 2.40. The molecule has 0 saturated carbocycles. The smallest absolute Gasteiger partial charge is 0.254 e. The molecule has 5 rings (SSSR count). The first-order chi connectivity index (χ1) is 11.8. The molecule has 0 spiro atoms. The molecule has 6 heteroatoms. The van der Waals surface area contributed by atoms with Crippen LogP contribution in [0.25, 0.3) is 17.0 Å². The highest BCUT2D eigenvalue weighted by atomic mass is 16.3. The van der Waals surface area contributed by atoms with Gasteiger partial charge in [-0.25, -0.2) is 4.98 Å². The molecule has 2 saturated heterocycles. The van der Waals surface area contributed by atoms with Gasteiger partial charge in [-0.15, -0.1) is 0 Å². The molecule has 6 nitrogen and oxygen atoms in total. The molecule has 4 heterocycles. The van der Waals surface area contributed by atoms with Crippen molar-refractivity contribution in [1.82, 2.24) is 19.6 Å². The third-order valence-corrected chi connectivity index (χ3v) is 5.28. The third-order valence-electron chi connectivity index (χ3n) is 5.28. The number of piperidine rings is 1. The van der Waals surface area contributed by atoms with Gasteiger partial charge in [-0.05, 0) is 25.7 Å². The zero-order valence-electron chi connectivity index (χ0n) is 13.3. The normalized spacial score (nSPS) is 26.2. The van der Waals surface area contributed by atoms with Gasteiger partial charge in [0.15, 0.2) is 0 Å². The number of aliphatic hydroxyl groups excluding tert-OH is 1. The van der Waals surface area contributed by atoms with E-state index in [0.717, 1.165) is 42.8 Å². The van der Waals surface area contributed by atoms with Crippen LogP contribution in [0.4, 0.5) is 5.82 Å². The van der Waals surface area contributed by atoms with Crippen LogP contribution in [0.1, 0.15) is 25.7 Å². The molecule has 2 atom stereocenters. The lowest BCUT2D eigenvalue weighted by Crippen LogP contribution is -2.45. The zero-order valence-corrected chi connectivity index (χ0v) is 13.3. The molecule has 1 N–H and O–H groups in total. The minimum Gasteiger partial charge on any atom is -0.393 e. The van der Waals surface area contributed by atoms with E-state index in [1.165, 1.54) is 0 Å². The summed E-state index contributed by atoms with van der Waals surface area (Å²) in [6.45, 7) is 0. The lowest BCUT2D eigenvalue weighted by molar-refractivity contribution is 0.126. The predicted octanol–water partition coefficient (Wildman–Crippen LogP) is 2.28. The summed E-state index contributed by atoms with van der Waals surface area (Å²) in [6.07, 6.45) is 5.29. The van der Waals surface area contributed by atoms with E-state index in [2.05, 4.69) is 38.2 Å². The van der Waals surface area contributed by atoms with Gasteiger partial charge < -0.3 is 10.0 Å². The highest BCUT2D eigenvalue weighted by Gasteiger charge is 2.41. The monoisotopic (exact) mass is 321 g/mol. The van der Waals surface area contributed by atoms with Crippen molar-refractivity contribution in [2.75, 3.05) is 4.90 Å². The van der Waals surface area contributed by atoms with Crippen molar-refractivity contribution >= 4 is 11.6 Å². The van der Waals surface area contributed by atoms with E-state index >= 15 is 0 Å². The molecule has 2 unspecified atom stereocenters. The summed E-state index contributed by atoms with van der Waals surface area (Å²) in [4.78, 5) is 11.4. The van der Waals surface area contributed by atoms with Crippen LogP contribution in [0.2, 0.25) is 0 Å². The number of benzene rings is 1. The van der Waals surface area contributed by atoms with Gasteiger partial charge in [0.25, 0.3) is 5.78 Å². The van der Waals surface area contributed by atoms with E-state index in [4.69, 9.17) is 0 Å². The lowest BCUT2D eigenvalue weighted by atomic mass is 10.00. The molecule has 3 aromatic rings. The summed E-state index contributed by atoms with van der Waals surface area (Å²) in [7, 11) is 0. The zero-order chi connectivity index (χ0) is 16.1. The van der Waals surface area contributed by atoms with Gasteiger partial charge in [-0.3, -0.25) is 0 Å². The summed E-state index contributed by atoms with van der Waals surface area (Å²) >= 11 is 0. The molecule has 2 aromatic heterocycles. The van der Waals surface area contributed by atoms with Crippen LogP contribution >= 0.6 is 0 Å². The summed E-state index contributed by atoms with van der Waals surface area (Å²) in [5.41, 5.74) is 1.99. The van der Waals surface area contributed by atoms with Gasteiger partial charge in [0, 0.05) is 23.7 Å². The molecule has 2 aliphatic heterocycles. The molecule has 24 heavy (non-hydrogen) atoms. The van der Waals surface area contributed by atoms with Gasteiger partial charge >= 0.3 is 0 Å². The van der Waals surface area contributed by atoms with Crippen molar-refractivity contribution in [3.63, 3.8) is 0 Å². The van der Waals surface area contributed by atoms with Gasteiger partial charge in [-0.1, -0.05) is 30.3 Å². The fourth-order valence-electron chi connectivity index (χ4n) is 4.26. The minimum absolute atomic E-state index is 0.180. The number of nitrogens with zero attached hydrogens (tertiary/aromatic N) is 5. The van der Waals surface area contributed by atoms with Gasteiger partial charge in [-0.2, -0.15) is 14.6 Å². The minimum atomic E-state index is -0.180. The van der Waals surface area contributed by atoms with Crippen molar-refractivity contribution < 1.29 is 5.11 Å². The van der Waals surface area contributed by atoms with Crippen molar-refractivity contribution in [2.24, 2.45) is 0 Å². The quantitative estimate of drug-likeness (QED) is 0.784. The Kier molecular flexibility index (Phi) is 3.06. The lowest BCUT2D eigenvalue weighted by Gasteiger charge is -2.38. The van der Waals surface area contributed by atoms with Crippen molar-refractivity contribution in [2.45, 2.75) is 43.9 Å². The number of fused-ring (bicyclic) bond motifs is 3. The van der Waals surface area contributed by atoms with Crippen LogP contribution in [0.15, 0.2) is 42.7 Å². The highest BCUT2D eigenvalue weighted by molar-refractivity contribution is 5.66. The molecule has 2 aliphatic rings. The summed E-state index contributed by atoms with van der Waals surface area (Å²) in [5.74, 6) is 1.66. The number of aromatic nitrogens is 4. The van der Waals surface area contributed by atoms with Crippen molar-refractivity contribution in [1.29, 1.82) is 0 Å². The van der Waals surface area contributed by atoms with Crippen LogP contribution in [-0.2, 0) is 0 Å². The second-order valence-corrected chi connectivity index (χ2v) is 6.75. The average Bonchev–Trinajstić information content (AvgIpc) is 3.18. The molecule has 122 valence electrons. The van der Waals surface area contributed by atoms with E-state index < -0.39 is 0 Å². The van der Waals surface area contributed by atoms with Gasteiger partial charge in [0.05, 0.1) is 11.8 Å². The van der Waals surface area contributed by atoms with E-state index in [0.29, 0.717) is 17.9 Å². The molecule has 2 bridgehead atoms. The van der Waals surface area contributed by atoms with Crippen molar-refractivity contribution in [3.8, 4) is 11.3 Å². The average molecular weight is 321 g/mol. The Labute approximate surface area is 139 Å². The Morgan fingerprint density at radius 2 is 1.79 bits per heavy atom. The topological polar surface area (TPSA) is 66.5 Å². The fraction of sp³-hybridized carbons (Fsp3) is 0.389. The summed E-state index contributed by atoms with van der Waals surface area (Å²) in [6, 6.07) is 13.0. The first kappa shape index (κ1) is 13.9. The molecular formula is C18H19N5O. The standard InChI is InChI=1S/C18H19N5O/c24-15-8-13-6-7-14(9-15)22(13)17-10-16(12-4-2-1-3-5-12)21-18-19-11-20-23(17)18/h1-5,10-11,13-15,24H,6-9H2. The molecule has 1 aromatic carbocycles. The Bertz CT molecular complexity index is 864. The van der Waals surface area contributed by atoms with Gasteiger partial charge in [0.2, 0.25) is 0 Å².